The summed E-state index contributed by atoms with van der Waals surface area (Å²) in [6.07, 6.45) is 8.65. The number of pyridine rings is 1. The third-order valence-corrected chi connectivity index (χ3v) is 24.7. The molecule has 584 valence electrons. The molecule has 0 unspecified atom stereocenters. The molecule has 14 heteroatoms. The van der Waals surface area contributed by atoms with Crippen molar-refractivity contribution in [3.63, 3.8) is 0 Å². The summed E-state index contributed by atoms with van der Waals surface area (Å²) < 4.78 is 13.1. The molecule has 18 aromatic carbocycles. The molecule has 0 atom stereocenters. The monoisotopic (exact) mass is 1610 g/mol. The van der Waals surface area contributed by atoms with Crippen molar-refractivity contribution in [1.29, 1.82) is 0 Å². The first-order valence-corrected chi connectivity index (χ1v) is 41.9. The molecule has 126 heavy (non-hydrogen) atoms. The number of para-hydroxylation sites is 1. The van der Waals surface area contributed by atoms with E-state index in [9.17, 15) is 0 Å². The number of furan rings is 1. The Morgan fingerprint density at radius 1 is 0.246 bits per heavy atom. The Labute approximate surface area is 718 Å². The van der Waals surface area contributed by atoms with Crippen LogP contribution in [0.1, 0.15) is 0 Å². The number of hydrogen-bond donors (Lipinski definition) is 0. The van der Waals surface area contributed by atoms with Crippen LogP contribution in [0, 0.1) is 6.57 Å². The van der Waals surface area contributed by atoms with E-state index >= 15 is 0 Å². The largest absolute Gasteiger partial charge is 0.456 e. The van der Waals surface area contributed by atoms with Crippen LogP contribution >= 0.6 is 0 Å². The second-order valence-electron chi connectivity index (χ2n) is 31.9. The van der Waals surface area contributed by atoms with Crippen molar-refractivity contribution in [2.45, 2.75) is 0 Å². The Morgan fingerprint density at radius 2 is 0.667 bits per heavy atom. The second kappa shape index (κ2) is 28.9. The highest BCUT2D eigenvalue weighted by molar-refractivity contribution is 6.24. The maximum absolute atomic E-state index is 7.26. The van der Waals surface area contributed by atoms with Gasteiger partial charge in [-0.2, -0.15) is 0 Å². The number of nitrogens with zero attached hydrogens (tertiary/aromatic N) is 13. The number of fused-ring (bicyclic) bond motifs is 22. The van der Waals surface area contributed by atoms with Gasteiger partial charge in [0.25, 0.3) is 0 Å². The minimum atomic E-state index is 0.522. The third kappa shape index (κ3) is 11.7. The standard InChI is InChI=1S/C40H23N5.C40H23N3O.C32H19N5/c1-41-31-19-16-26(17-20-31)25-12-14-28(15-13-25)38-40(43-34-11-6-22-42-39(34)44-38)45-35-21-18-27-7-4-5-10-32(27)37(35)33-23-29-8-2-3-9-30(29)24-36(33)45;1-3-9-26-21-35-32(19-24(26)7-1)33-20-25-8-2-4-10-27(25)22-36(33)43(35)34-16-15-29(39-40(34)42-18-17-41-39)28-13-14-31-30-11-5-6-12-37(30)44-38(31)23-28;1-2-8-20(9-3-1)29-32(36-31-30(35-29)33-14-15-34-31)37-27-18-23-12-6-4-10-21(23)16-25(27)26-17-22-11-5-7-13-24(22)19-28(26)37/h2-24H;1-23H;1-19H. The van der Waals surface area contributed by atoms with E-state index in [0.717, 1.165) is 134 Å². The van der Waals surface area contributed by atoms with E-state index in [4.69, 9.17) is 40.9 Å². The molecule has 0 spiro atoms. The van der Waals surface area contributed by atoms with E-state index in [1.165, 1.54) is 97.0 Å². The molecule has 0 fully saturated rings. The lowest BCUT2D eigenvalue weighted by Gasteiger charge is -2.14. The normalized spacial score (nSPS) is 11.8. The first kappa shape index (κ1) is 71.4. The first-order valence-electron chi connectivity index (χ1n) is 41.9. The van der Waals surface area contributed by atoms with Gasteiger partial charge < -0.3 is 8.98 Å². The fraction of sp³-hybridized carbons (Fsp3) is 0. The maximum atomic E-state index is 7.26. The van der Waals surface area contributed by atoms with Crippen molar-refractivity contribution in [1.82, 2.24) is 58.6 Å². The van der Waals surface area contributed by atoms with Gasteiger partial charge in [-0.1, -0.05) is 255 Å². The van der Waals surface area contributed by atoms with Crippen LogP contribution < -0.4 is 0 Å². The molecule has 9 aromatic heterocycles. The summed E-state index contributed by atoms with van der Waals surface area (Å²) in [6.45, 7) is 7.26. The molecular weight excluding hydrogens is 1540 g/mol. The van der Waals surface area contributed by atoms with Gasteiger partial charge in [0.15, 0.2) is 34.3 Å². The average Bonchev–Trinajstić information content (AvgIpc) is 1.57. The molecule has 27 aromatic rings. The predicted molar refractivity (Wildman–Crippen MR) is 515 cm³/mol. The number of hydrogen-bond acceptors (Lipinski definition) is 10. The van der Waals surface area contributed by atoms with Crippen LogP contribution in [0.15, 0.2) is 399 Å². The molecule has 14 nitrogen and oxygen atoms in total. The van der Waals surface area contributed by atoms with Gasteiger partial charge in [0, 0.05) is 90.8 Å². The van der Waals surface area contributed by atoms with Crippen LogP contribution in [0.4, 0.5) is 5.69 Å². The smallest absolute Gasteiger partial charge is 0.199 e. The molecule has 0 amide bonds. The Morgan fingerprint density at radius 3 is 1.25 bits per heavy atom. The summed E-state index contributed by atoms with van der Waals surface area (Å²) >= 11 is 0. The van der Waals surface area contributed by atoms with Gasteiger partial charge in [0.1, 0.15) is 33.6 Å². The third-order valence-electron chi connectivity index (χ3n) is 24.7. The van der Waals surface area contributed by atoms with E-state index < -0.39 is 0 Å². The van der Waals surface area contributed by atoms with Crippen molar-refractivity contribution in [2.75, 3.05) is 0 Å². The highest BCUT2D eigenvalue weighted by Crippen LogP contribution is 2.46. The van der Waals surface area contributed by atoms with Crippen molar-refractivity contribution in [2.24, 2.45) is 0 Å². The molecular formula is C112H65N13O. The van der Waals surface area contributed by atoms with E-state index in [1.54, 1.807) is 31.0 Å². The molecule has 0 N–H and O–H groups in total. The highest BCUT2D eigenvalue weighted by Gasteiger charge is 2.26. The molecule has 0 bridgehead atoms. The molecule has 27 rings (SSSR count). The maximum Gasteiger partial charge on any atom is 0.199 e. The summed E-state index contributed by atoms with van der Waals surface area (Å²) in [6, 6.07) is 128. The fourth-order valence-corrected chi connectivity index (χ4v) is 18.8. The number of benzene rings is 18. The van der Waals surface area contributed by atoms with Crippen molar-refractivity contribution in [3.05, 3.63) is 406 Å². The van der Waals surface area contributed by atoms with Crippen LogP contribution in [0.25, 0.3) is 252 Å². The van der Waals surface area contributed by atoms with Gasteiger partial charge in [-0.15, -0.1) is 0 Å². The zero-order valence-electron chi connectivity index (χ0n) is 67.2. The molecule has 9 heterocycles. The Hall–Kier alpha value is -17.5. The molecule has 0 aliphatic heterocycles. The molecule has 0 aliphatic rings. The Kier molecular flexibility index (Phi) is 16.3. The average molecular weight is 1610 g/mol. The van der Waals surface area contributed by atoms with E-state index in [0.29, 0.717) is 22.6 Å². The molecule has 0 saturated carbocycles. The Bertz CT molecular complexity index is 9080. The van der Waals surface area contributed by atoms with E-state index in [-0.39, 0.29) is 0 Å². The highest BCUT2D eigenvalue weighted by atomic mass is 16.3. The predicted octanol–water partition coefficient (Wildman–Crippen LogP) is 28.4. The minimum Gasteiger partial charge on any atom is -0.456 e. The van der Waals surface area contributed by atoms with Gasteiger partial charge in [-0.25, -0.2) is 39.7 Å². The van der Waals surface area contributed by atoms with Crippen molar-refractivity contribution in [3.8, 4) is 62.1 Å². The van der Waals surface area contributed by atoms with Gasteiger partial charge in [0.05, 0.1) is 50.9 Å². The lowest BCUT2D eigenvalue weighted by atomic mass is 10.0. The number of aromatic nitrogens is 12. The van der Waals surface area contributed by atoms with Crippen LogP contribution in [0.2, 0.25) is 0 Å². The summed E-state index contributed by atoms with van der Waals surface area (Å²) in [4.78, 5) is 47.4. The van der Waals surface area contributed by atoms with Gasteiger partial charge in [-0.3, -0.25) is 19.1 Å². The summed E-state index contributed by atoms with van der Waals surface area (Å²) in [7, 11) is 0. The second-order valence-corrected chi connectivity index (χ2v) is 31.9. The SMILES string of the molecule is [C-]#[N+]c1ccc(-c2ccc(-c3nc4ncccc4nc3-n3c4cc5ccccc5cc4c4c5ccccc5ccc43)cc2)cc1.c1ccc(-c2nc3nccnc3nc2-n2c3cc4ccccc4cc3c3cc4ccccc4cc32)cc1.c1ccc2cc3c(cc2c1)c1cc2ccccc2cc1n3-c1ccc(-c2ccc3c(c2)oc2ccccc23)c2nccnc12. The quantitative estimate of drug-likeness (QED) is 0.141. The van der Waals surface area contributed by atoms with Gasteiger partial charge in [-0.05, 0) is 191 Å². The Balaban J connectivity index is 0.000000104. The molecule has 0 aliphatic carbocycles. The summed E-state index contributed by atoms with van der Waals surface area (Å²) in [5.74, 6) is 1.50. The topological polar surface area (TPSA) is 148 Å². The van der Waals surface area contributed by atoms with Crippen LogP contribution in [0.3, 0.4) is 0 Å². The van der Waals surface area contributed by atoms with E-state index in [1.807, 2.05) is 72.8 Å². The zero-order chi connectivity index (χ0) is 83.0. The fourth-order valence-electron chi connectivity index (χ4n) is 18.8. The lowest BCUT2D eigenvalue weighted by molar-refractivity contribution is 0.669. The van der Waals surface area contributed by atoms with Gasteiger partial charge in [0.2, 0.25) is 0 Å². The van der Waals surface area contributed by atoms with Crippen LogP contribution in [-0.4, -0.2) is 58.6 Å². The van der Waals surface area contributed by atoms with Crippen LogP contribution in [-0.2, 0) is 0 Å². The lowest BCUT2D eigenvalue weighted by Crippen LogP contribution is -2.05. The van der Waals surface area contributed by atoms with Crippen LogP contribution in [0.5, 0.6) is 0 Å². The molecule has 0 saturated heterocycles. The number of rotatable bonds is 7. The first-order chi connectivity index (χ1) is 62.4. The minimum absolute atomic E-state index is 0.522. The summed E-state index contributed by atoms with van der Waals surface area (Å²) in [5.41, 5.74) is 21.8. The van der Waals surface area contributed by atoms with Crippen molar-refractivity contribution >= 4 is 191 Å². The van der Waals surface area contributed by atoms with Gasteiger partial charge >= 0.3 is 0 Å². The molecule has 0 radical (unpaired) electrons. The summed E-state index contributed by atoms with van der Waals surface area (Å²) in [5, 5.41) is 23.9. The zero-order valence-corrected chi connectivity index (χ0v) is 67.2. The van der Waals surface area contributed by atoms with Crippen molar-refractivity contribution < 1.29 is 4.42 Å². The van der Waals surface area contributed by atoms with E-state index in [2.05, 4.69) is 325 Å².